The summed E-state index contributed by atoms with van der Waals surface area (Å²) in [6, 6.07) is 10.3. The van der Waals surface area contributed by atoms with Crippen molar-refractivity contribution in [2.24, 2.45) is 0 Å². The predicted octanol–water partition coefficient (Wildman–Crippen LogP) is 2.52. The van der Waals surface area contributed by atoms with E-state index in [4.69, 9.17) is 4.74 Å². The van der Waals surface area contributed by atoms with Gasteiger partial charge in [0.1, 0.15) is 0 Å². The first-order valence-electron chi connectivity index (χ1n) is 8.90. The molecule has 0 radical (unpaired) electrons. The van der Waals surface area contributed by atoms with Crippen LogP contribution in [-0.2, 0) is 11.3 Å². The summed E-state index contributed by atoms with van der Waals surface area (Å²) in [5, 5.41) is 14.6. The van der Waals surface area contributed by atoms with Gasteiger partial charge in [-0.3, -0.25) is 0 Å². The van der Waals surface area contributed by atoms with Crippen LogP contribution in [0.4, 0.5) is 16.6 Å². The Bertz CT molecular complexity index is 704. The molecule has 3 rings (SSSR count). The predicted molar refractivity (Wildman–Crippen MR) is 98.8 cm³/mol. The summed E-state index contributed by atoms with van der Waals surface area (Å²) in [6.07, 6.45) is 3.02. The zero-order valence-corrected chi connectivity index (χ0v) is 14.9. The molecular formula is C18H24N6O2. The first-order chi connectivity index (χ1) is 12.7. The van der Waals surface area contributed by atoms with Gasteiger partial charge in [-0.15, -0.1) is 5.10 Å². The third-order valence-electron chi connectivity index (χ3n) is 4.23. The van der Waals surface area contributed by atoms with Crippen LogP contribution in [0, 0.1) is 0 Å². The highest BCUT2D eigenvalue weighted by Crippen LogP contribution is 2.15. The normalized spacial score (nSPS) is 14.7. The number of hydrogen-bond acceptors (Lipinski definition) is 7. The van der Waals surface area contributed by atoms with Crippen LogP contribution in [0.1, 0.15) is 25.3 Å². The summed E-state index contributed by atoms with van der Waals surface area (Å²) in [7, 11) is 0. The number of aromatic nitrogens is 3. The van der Waals surface area contributed by atoms with Crippen LogP contribution in [0.2, 0.25) is 0 Å². The van der Waals surface area contributed by atoms with Gasteiger partial charge >= 0.3 is 6.09 Å². The van der Waals surface area contributed by atoms with E-state index in [0.717, 1.165) is 12.8 Å². The highest BCUT2D eigenvalue weighted by molar-refractivity contribution is 5.67. The largest absolute Gasteiger partial charge is 0.450 e. The number of carbonyl (C=O) groups excluding carboxylic acids is 1. The number of hydrogen-bond donors (Lipinski definition) is 2. The van der Waals surface area contributed by atoms with Crippen molar-refractivity contribution in [2.45, 2.75) is 32.4 Å². The van der Waals surface area contributed by atoms with E-state index in [9.17, 15) is 4.79 Å². The van der Waals surface area contributed by atoms with Crippen molar-refractivity contribution in [2.75, 3.05) is 30.3 Å². The second-order valence-electron chi connectivity index (χ2n) is 6.11. The van der Waals surface area contributed by atoms with Crippen LogP contribution < -0.4 is 10.6 Å². The number of piperidine rings is 1. The smallest absolute Gasteiger partial charge is 0.409 e. The molecule has 1 saturated heterocycles. The minimum Gasteiger partial charge on any atom is -0.450 e. The zero-order chi connectivity index (χ0) is 18.2. The molecule has 1 amide bonds. The number of anilines is 2. The Morgan fingerprint density at radius 2 is 2.04 bits per heavy atom. The Morgan fingerprint density at radius 1 is 1.27 bits per heavy atom. The van der Waals surface area contributed by atoms with Gasteiger partial charge < -0.3 is 20.3 Å². The minimum absolute atomic E-state index is 0.215. The second kappa shape index (κ2) is 8.98. The van der Waals surface area contributed by atoms with Crippen LogP contribution in [0.15, 0.2) is 36.5 Å². The van der Waals surface area contributed by atoms with Crippen LogP contribution in [0.25, 0.3) is 0 Å². The number of likely N-dealkylation sites (tertiary alicyclic amines) is 1. The average molecular weight is 356 g/mol. The molecule has 2 heterocycles. The summed E-state index contributed by atoms with van der Waals surface area (Å²) in [6.45, 7) is 4.22. The van der Waals surface area contributed by atoms with E-state index in [-0.39, 0.29) is 12.1 Å². The molecule has 1 aliphatic heterocycles. The Balaban J connectivity index is 1.49. The number of amides is 1. The Kier molecular flexibility index (Phi) is 6.19. The lowest BCUT2D eigenvalue weighted by Crippen LogP contribution is -2.42. The van der Waals surface area contributed by atoms with E-state index in [1.165, 1.54) is 5.56 Å². The third-order valence-corrected chi connectivity index (χ3v) is 4.23. The van der Waals surface area contributed by atoms with Gasteiger partial charge in [-0.1, -0.05) is 30.3 Å². The van der Waals surface area contributed by atoms with E-state index in [0.29, 0.717) is 38.0 Å². The molecule has 8 heteroatoms. The molecule has 2 N–H and O–H groups in total. The van der Waals surface area contributed by atoms with Crippen LogP contribution in [0.3, 0.4) is 0 Å². The fraction of sp³-hybridized carbons (Fsp3) is 0.444. The Morgan fingerprint density at radius 3 is 2.77 bits per heavy atom. The zero-order valence-electron chi connectivity index (χ0n) is 14.9. The van der Waals surface area contributed by atoms with E-state index in [1.54, 1.807) is 11.1 Å². The molecule has 1 fully saturated rings. The first kappa shape index (κ1) is 17.9. The molecule has 26 heavy (non-hydrogen) atoms. The number of ether oxygens (including phenoxy) is 1. The van der Waals surface area contributed by atoms with Gasteiger partial charge in [0, 0.05) is 25.7 Å². The molecular weight excluding hydrogens is 332 g/mol. The topological polar surface area (TPSA) is 92.3 Å². The highest BCUT2D eigenvalue weighted by atomic mass is 16.6. The van der Waals surface area contributed by atoms with E-state index in [1.807, 2.05) is 25.1 Å². The van der Waals surface area contributed by atoms with Crippen molar-refractivity contribution in [3.05, 3.63) is 42.1 Å². The van der Waals surface area contributed by atoms with Gasteiger partial charge in [-0.25, -0.2) is 4.79 Å². The molecule has 0 spiro atoms. The lowest BCUT2D eigenvalue weighted by molar-refractivity contribution is 0.0983. The fourth-order valence-electron chi connectivity index (χ4n) is 2.84. The molecule has 0 bridgehead atoms. The number of benzene rings is 1. The second-order valence-corrected chi connectivity index (χ2v) is 6.11. The number of carbonyl (C=O) groups is 1. The van der Waals surface area contributed by atoms with E-state index >= 15 is 0 Å². The molecule has 1 aliphatic rings. The molecule has 1 aromatic carbocycles. The number of nitrogens with one attached hydrogen (secondary N) is 2. The van der Waals surface area contributed by atoms with Crippen molar-refractivity contribution in [1.29, 1.82) is 0 Å². The summed E-state index contributed by atoms with van der Waals surface area (Å²) in [5.74, 6) is 1.17. The van der Waals surface area contributed by atoms with Gasteiger partial charge in [0.05, 0.1) is 12.8 Å². The van der Waals surface area contributed by atoms with Gasteiger partial charge in [-0.2, -0.15) is 10.1 Å². The summed E-state index contributed by atoms with van der Waals surface area (Å²) in [4.78, 5) is 17.9. The maximum Gasteiger partial charge on any atom is 0.409 e. The van der Waals surface area contributed by atoms with E-state index < -0.39 is 0 Å². The van der Waals surface area contributed by atoms with Gasteiger partial charge in [0.15, 0.2) is 5.82 Å². The summed E-state index contributed by atoms with van der Waals surface area (Å²) < 4.78 is 5.04. The standard InChI is InChI=1S/C18H24N6O2/c1-2-26-18(25)24-10-8-15(9-11-24)21-17-22-16(13-20-23-17)19-12-14-6-4-3-5-7-14/h3-7,13,15H,2,8-12H2,1H3,(H2,19,21,22,23). The number of rotatable bonds is 6. The molecule has 0 aliphatic carbocycles. The molecule has 0 saturated carbocycles. The van der Waals surface area contributed by atoms with Crippen LogP contribution >= 0.6 is 0 Å². The third kappa shape index (κ3) is 5.05. The molecule has 0 unspecified atom stereocenters. The molecule has 8 nitrogen and oxygen atoms in total. The Hall–Kier alpha value is -2.90. The van der Waals surface area contributed by atoms with E-state index in [2.05, 4.69) is 37.9 Å². The van der Waals surface area contributed by atoms with Crippen molar-refractivity contribution in [3.8, 4) is 0 Å². The van der Waals surface area contributed by atoms with Crippen molar-refractivity contribution < 1.29 is 9.53 Å². The monoisotopic (exact) mass is 356 g/mol. The molecule has 138 valence electrons. The van der Waals surface area contributed by atoms with Crippen molar-refractivity contribution >= 4 is 17.9 Å². The quantitative estimate of drug-likeness (QED) is 0.821. The molecule has 0 atom stereocenters. The number of nitrogens with zero attached hydrogens (tertiary/aromatic N) is 4. The summed E-state index contributed by atoms with van der Waals surface area (Å²) >= 11 is 0. The fourth-order valence-corrected chi connectivity index (χ4v) is 2.84. The highest BCUT2D eigenvalue weighted by Gasteiger charge is 2.24. The molecule has 1 aromatic heterocycles. The van der Waals surface area contributed by atoms with Crippen molar-refractivity contribution in [3.63, 3.8) is 0 Å². The maximum atomic E-state index is 11.7. The van der Waals surface area contributed by atoms with Crippen molar-refractivity contribution in [1.82, 2.24) is 20.1 Å². The minimum atomic E-state index is -0.240. The lowest BCUT2D eigenvalue weighted by atomic mass is 10.1. The van der Waals surface area contributed by atoms with Gasteiger partial charge in [-0.05, 0) is 25.3 Å². The van der Waals surface area contributed by atoms with Crippen LogP contribution in [0.5, 0.6) is 0 Å². The van der Waals surface area contributed by atoms with Gasteiger partial charge in [0.25, 0.3) is 0 Å². The van der Waals surface area contributed by atoms with Gasteiger partial charge in [0.2, 0.25) is 5.95 Å². The Labute approximate surface area is 153 Å². The first-order valence-corrected chi connectivity index (χ1v) is 8.90. The molecule has 2 aromatic rings. The SMILES string of the molecule is CCOC(=O)N1CCC(Nc2nncc(NCc3ccccc3)n2)CC1. The lowest BCUT2D eigenvalue weighted by Gasteiger charge is -2.31. The average Bonchev–Trinajstić information content (AvgIpc) is 2.68. The summed E-state index contributed by atoms with van der Waals surface area (Å²) in [5.41, 5.74) is 1.17. The van der Waals surface area contributed by atoms with Crippen LogP contribution in [-0.4, -0.2) is 51.9 Å². The maximum absolute atomic E-state index is 11.7.